The predicted molar refractivity (Wildman–Crippen MR) is 58.9 cm³/mol. The van der Waals surface area contributed by atoms with Gasteiger partial charge in [0, 0.05) is 0 Å². The Morgan fingerprint density at radius 1 is 1.27 bits per heavy atom. The van der Waals surface area contributed by atoms with Gasteiger partial charge in [-0.2, -0.15) is 0 Å². The highest BCUT2D eigenvalue weighted by atomic mass is 16.6. The van der Waals surface area contributed by atoms with Crippen LogP contribution in [0.4, 0.5) is 0 Å². The van der Waals surface area contributed by atoms with Crippen LogP contribution >= 0.6 is 0 Å². The number of methoxy groups -OCH3 is 1. The molecule has 0 aromatic heterocycles. The summed E-state index contributed by atoms with van der Waals surface area (Å²) in [5, 5.41) is 0. The maximum atomic E-state index is 5.36. The summed E-state index contributed by atoms with van der Waals surface area (Å²) in [5.74, 6) is 6.08. The average Bonchev–Trinajstić information content (AvgIpc) is 2.74. The van der Waals surface area contributed by atoms with Crippen LogP contribution in [0.15, 0.2) is 12.1 Å². The summed E-state index contributed by atoms with van der Waals surface area (Å²) in [6.45, 7) is 0.582. The minimum atomic E-state index is 0.582. The zero-order valence-corrected chi connectivity index (χ0v) is 9.08. The molecule has 0 unspecified atom stereocenters. The quantitative estimate of drug-likeness (QED) is 0.763. The zero-order chi connectivity index (χ0) is 10.7. The normalized spacial score (nSPS) is 14.0. The Labute approximate surface area is 90.1 Å². The molecule has 0 saturated carbocycles. The van der Waals surface area contributed by atoms with Crippen LogP contribution in [0.3, 0.4) is 0 Å². The van der Waals surface area contributed by atoms with E-state index in [0.29, 0.717) is 6.61 Å². The van der Waals surface area contributed by atoms with Crippen molar-refractivity contribution >= 4 is 0 Å². The van der Waals surface area contributed by atoms with Crippen LogP contribution < -0.4 is 10.6 Å². The fraction of sp³-hybridized carbons (Fsp3) is 0.500. The van der Waals surface area contributed by atoms with E-state index in [1.54, 1.807) is 7.11 Å². The molecule has 1 aliphatic carbocycles. The van der Waals surface area contributed by atoms with Crippen LogP contribution in [0.25, 0.3) is 0 Å². The summed E-state index contributed by atoms with van der Waals surface area (Å²) in [7, 11) is 1.73. The van der Waals surface area contributed by atoms with Crippen molar-refractivity contribution in [3.63, 3.8) is 0 Å². The van der Waals surface area contributed by atoms with E-state index < -0.39 is 0 Å². The smallest absolute Gasteiger partial charge is 0.122 e. The largest absolute Gasteiger partial charge is 0.496 e. The fourth-order valence-corrected chi connectivity index (χ4v) is 2.34. The van der Waals surface area contributed by atoms with Gasteiger partial charge >= 0.3 is 0 Å². The van der Waals surface area contributed by atoms with Crippen LogP contribution in [0.5, 0.6) is 5.75 Å². The molecule has 0 radical (unpaired) electrons. The van der Waals surface area contributed by atoms with Gasteiger partial charge in [-0.05, 0) is 48.4 Å². The Hall–Kier alpha value is -1.06. The number of nitrogens with two attached hydrogens (primary N) is 1. The molecule has 3 heteroatoms. The number of hydrogen-bond donors (Lipinski definition) is 1. The first kappa shape index (κ1) is 10.5. The second kappa shape index (κ2) is 4.64. The minimum absolute atomic E-state index is 0.582. The second-order valence-electron chi connectivity index (χ2n) is 3.86. The van der Waals surface area contributed by atoms with Gasteiger partial charge in [0.15, 0.2) is 0 Å². The third-order valence-electron chi connectivity index (χ3n) is 3.05. The molecule has 0 atom stereocenters. The maximum absolute atomic E-state index is 5.36. The fourth-order valence-electron chi connectivity index (χ4n) is 2.34. The van der Waals surface area contributed by atoms with Crippen LogP contribution in [0.2, 0.25) is 0 Å². The topological polar surface area (TPSA) is 44.5 Å². The lowest BCUT2D eigenvalue weighted by Gasteiger charge is -2.11. The Kier molecular flexibility index (Phi) is 3.23. The van der Waals surface area contributed by atoms with E-state index in [4.69, 9.17) is 10.6 Å². The molecule has 3 nitrogen and oxygen atoms in total. The standard InChI is InChI=1S/C12H17NO2/c1-14-12-6-5-9(7-8-15-13)10-3-2-4-11(10)12/h5-6H,2-4,7-8,13H2,1H3. The average molecular weight is 207 g/mol. The molecule has 2 rings (SSSR count). The highest BCUT2D eigenvalue weighted by Gasteiger charge is 2.18. The summed E-state index contributed by atoms with van der Waals surface area (Å²) >= 11 is 0. The Morgan fingerprint density at radius 3 is 2.80 bits per heavy atom. The first-order valence-electron chi connectivity index (χ1n) is 5.36. The van der Waals surface area contributed by atoms with Gasteiger partial charge < -0.3 is 9.57 Å². The van der Waals surface area contributed by atoms with Crippen LogP contribution in [-0.2, 0) is 24.1 Å². The SMILES string of the molecule is COc1ccc(CCON)c2c1CCC2. The summed E-state index contributed by atoms with van der Waals surface area (Å²) in [6.07, 6.45) is 4.41. The van der Waals surface area contributed by atoms with Crippen LogP contribution in [-0.4, -0.2) is 13.7 Å². The number of hydrogen-bond acceptors (Lipinski definition) is 3. The van der Waals surface area contributed by atoms with Crippen LogP contribution in [0, 0.1) is 0 Å². The lowest BCUT2D eigenvalue weighted by Crippen LogP contribution is -2.06. The molecule has 82 valence electrons. The van der Waals surface area contributed by atoms with Gasteiger partial charge in [0.25, 0.3) is 0 Å². The second-order valence-corrected chi connectivity index (χ2v) is 3.86. The Bertz CT molecular complexity index is 350. The summed E-state index contributed by atoms with van der Waals surface area (Å²) in [5.41, 5.74) is 4.19. The molecule has 0 aliphatic heterocycles. The molecule has 1 aromatic rings. The molecule has 2 N–H and O–H groups in total. The third kappa shape index (κ3) is 1.98. The van der Waals surface area contributed by atoms with Crippen LogP contribution in [0.1, 0.15) is 23.1 Å². The molecule has 0 spiro atoms. The molecule has 15 heavy (non-hydrogen) atoms. The summed E-state index contributed by atoms with van der Waals surface area (Å²) < 4.78 is 5.36. The molecular formula is C12H17NO2. The maximum Gasteiger partial charge on any atom is 0.122 e. The van der Waals surface area contributed by atoms with Gasteiger partial charge in [0.05, 0.1) is 13.7 Å². The zero-order valence-electron chi connectivity index (χ0n) is 9.08. The number of ether oxygens (including phenoxy) is 1. The van der Waals surface area contributed by atoms with Crippen molar-refractivity contribution in [2.75, 3.05) is 13.7 Å². The van der Waals surface area contributed by atoms with E-state index in [0.717, 1.165) is 25.0 Å². The lowest BCUT2D eigenvalue weighted by atomic mass is 10.0. The third-order valence-corrected chi connectivity index (χ3v) is 3.05. The summed E-state index contributed by atoms with van der Waals surface area (Å²) in [4.78, 5) is 4.63. The molecule has 1 aromatic carbocycles. The molecule has 1 aliphatic rings. The summed E-state index contributed by atoms with van der Waals surface area (Å²) in [6, 6.07) is 4.18. The first-order chi connectivity index (χ1) is 7.36. The lowest BCUT2D eigenvalue weighted by molar-refractivity contribution is 0.141. The van der Waals surface area contributed by atoms with Crippen molar-refractivity contribution < 1.29 is 9.57 Å². The number of benzene rings is 1. The van der Waals surface area contributed by atoms with Crippen molar-refractivity contribution in [2.45, 2.75) is 25.7 Å². The van der Waals surface area contributed by atoms with E-state index in [-0.39, 0.29) is 0 Å². The number of rotatable bonds is 4. The van der Waals surface area contributed by atoms with Gasteiger partial charge in [-0.25, -0.2) is 5.90 Å². The van der Waals surface area contributed by atoms with E-state index in [1.165, 1.54) is 23.1 Å². The van der Waals surface area contributed by atoms with Gasteiger partial charge in [-0.1, -0.05) is 6.07 Å². The number of fused-ring (bicyclic) bond motifs is 1. The first-order valence-corrected chi connectivity index (χ1v) is 5.36. The van der Waals surface area contributed by atoms with E-state index in [1.807, 2.05) is 0 Å². The van der Waals surface area contributed by atoms with Crippen molar-refractivity contribution in [3.8, 4) is 5.75 Å². The van der Waals surface area contributed by atoms with Crippen molar-refractivity contribution in [1.29, 1.82) is 0 Å². The van der Waals surface area contributed by atoms with Crippen molar-refractivity contribution in [2.24, 2.45) is 5.90 Å². The Balaban J connectivity index is 2.29. The van der Waals surface area contributed by atoms with E-state index >= 15 is 0 Å². The highest BCUT2D eigenvalue weighted by Crippen LogP contribution is 2.33. The molecule has 0 bridgehead atoms. The van der Waals surface area contributed by atoms with Gasteiger partial charge in [-0.15, -0.1) is 0 Å². The van der Waals surface area contributed by atoms with E-state index in [2.05, 4.69) is 17.0 Å². The molecular weight excluding hydrogens is 190 g/mol. The van der Waals surface area contributed by atoms with Crippen molar-refractivity contribution in [3.05, 3.63) is 28.8 Å². The predicted octanol–water partition coefficient (Wildman–Crippen LogP) is 1.62. The van der Waals surface area contributed by atoms with Crippen molar-refractivity contribution in [1.82, 2.24) is 0 Å². The van der Waals surface area contributed by atoms with Gasteiger partial charge in [0.2, 0.25) is 0 Å². The Morgan fingerprint density at radius 2 is 2.07 bits per heavy atom. The molecule has 0 amide bonds. The molecule has 0 saturated heterocycles. The molecule has 0 heterocycles. The van der Waals surface area contributed by atoms with E-state index in [9.17, 15) is 0 Å². The molecule has 0 fully saturated rings. The highest BCUT2D eigenvalue weighted by molar-refractivity contribution is 5.47. The monoisotopic (exact) mass is 207 g/mol. The van der Waals surface area contributed by atoms with Gasteiger partial charge in [0.1, 0.15) is 5.75 Å². The van der Waals surface area contributed by atoms with Gasteiger partial charge in [-0.3, -0.25) is 0 Å². The minimum Gasteiger partial charge on any atom is -0.496 e.